The SMILES string of the molecule is Cc1c(C(=O)C(=O)NC2(C(=O)N(C)C)CC(F)C2F)c2n(c1C(=O)Nc1ccc(F)c(F)c1)CCC2. The van der Waals surface area contributed by atoms with E-state index in [1.54, 1.807) is 4.57 Å². The predicted molar refractivity (Wildman–Crippen MR) is 120 cm³/mol. The molecule has 0 bridgehead atoms. The fourth-order valence-electron chi connectivity index (χ4n) is 4.90. The highest BCUT2D eigenvalue weighted by Crippen LogP contribution is 2.39. The van der Waals surface area contributed by atoms with E-state index in [0.717, 1.165) is 17.0 Å². The van der Waals surface area contributed by atoms with Gasteiger partial charge in [-0.05, 0) is 37.5 Å². The zero-order valence-electron chi connectivity index (χ0n) is 19.8. The van der Waals surface area contributed by atoms with Gasteiger partial charge >= 0.3 is 0 Å². The number of halogens is 4. The summed E-state index contributed by atoms with van der Waals surface area (Å²) < 4.78 is 56.5. The molecule has 3 atom stereocenters. The van der Waals surface area contributed by atoms with Gasteiger partial charge in [0.1, 0.15) is 11.9 Å². The monoisotopic (exact) mass is 508 g/mol. The van der Waals surface area contributed by atoms with E-state index in [1.807, 2.05) is 0 Å². The average molecular weight is 508 g/mol. The van der Waals surface area contributed by atoms with Gasteiger partial charge in [-0.25, -0.2) is 17.6 Å². The van der Waals surface area contributed by atoms with E-state index in [1.165, 1.54) is 27.1 Å². The second-order valence-electron chi connectivity index (χ2n) is 9.21. The molecule has 4 rings (SSSR count). The first-order valence-electron chi connectivity index (χ1n) is 11.2. The smallest absolute Gasteiger partial charge is 0.293 e. The highest BCUT2D eigenvalue weighted by Gasteiger charge is 2.62. The van der Waals surface area contributed by atoms with Crippen molar-refractivity contribution in [1.82, 2.24) is 14.8 Å². The number of hydrogen-bond acceptors (Lipinski definition) is 4. The molecule has 192 valence electrons. The number of rotatable bonds is 6. The lowest BCUT2D eigenvalue weighted by atomic mass is 9.71. The van der Waals surface area contributed by atoms with Crippen molar-refractivity contribution in [2.75, 3.05) is 19.4 Å². The maximum Gasteiger partial charge on any atom is 0.293 e. The molecule has 0 radical (unpaired) electrons. The molecule has 2 aliphatic rings. The van der Waals surface area contributed by atoms with Crippen molar-refractivity contribution >= 4 is 29.2 Å². The number of Topliss-reactive ketones (excluding diaryl/α,β-unsaturated/α-hetero) is 1. The Hall–Kier alpha value is -3.70. The summed E-state index contributed by atoms with van der Waals surface area (Å²) in [4.78, 5) is 52.7. The summed E-state index contributed by atoms with van der Waals surface area (Å²) in [7, 11) is 2.64. The molecule has 3 unspecified atom stereocenters. The third kappa shape index (κ3) is 3.94. The van der Waals surface area contributed by atoms with Gasteiger partial charge in [-0.15, -0.1) is 0 Å². The van der Waals surface area contributed by atoms with Gasteiger partial charge in [-0.3, -0.25) is 19.2 Å². The number of nitrogens with zero attached hydrogens (tertiary/aromatic N) is 2. The second-order valence-corrected chi connectivity index (χ2v) is 9.21. The van der Waals surface area contributed by atoms with E-state index in [-0.39, 0.29) is 22.5 Å². The summed E-state index contributed by atoms with van der Waals surface area (Å²) >= 11 is 0. The van der Waals surface area contributed by atoms with Crippen LogP contribution in [-0.2, 0) is 22.6 Å². The van der Waals surface area contributed by atoms with Gasteiger partial charge in [0.25, 0.3) is 23.5 Å². The number of likely N-dealkylation sites (N-methyl/N-ethyl adjacent to an activating group) is 1. The molecule has 1 aliphatic heterocycles. The number of alkyl halides is 2. The summed E-state index contributed by atoms with van der Waals surface area (Å²) in [5, 5.41) is 4.57. The maximum atomic E-state index is 14.5. The molecule has 1 aromatic carbocycles. The molecule has 0 saturated heterocycles. The number of nitrogens with one attached hydrogen (secondary N) is 2. The minimum Gasteiger partial charge on any atom is -0.347 e. The number of benzene rings is 1. The fourth-order valence-corrected chi connectivity index (χ4v) is 4.90. The van der Waals surface area contributed by atoms with Crippen LogP contribution in [0.5, 0.6) is 0 Å². The van der Waals surface area contributed by atoms with Gasteiger partial charge in [0.05, 0.1) is 5.56 Å². The summed E-state index contributed by atoms with van der Waals surface area (Å²) in [6.07, 6.45) is -3.95. The van der Waals surface area contributed by atoms with E-state index in [4.69, 9.17) is 0 Å². The highest BCUT2D eigenvalue weighted by molar-refractivity contribution is 6.44. The van der Waals surface area contributed by atoms with E-state index < -0.39 is 59.4 Å². The van der Waals surface area contributed by atoms with Crippen molar-refractivity contribution in [2.45, 2.75) is 50.6 Å². The lowest BCUT2D eigenvalue weighted by Crippen LogP contribution is -2.74. The normalized spacial score (nSPS) is 22.4. The molecular weight excluding hydrogens is 484 g/mol. The Morgan fingerprint density at radius 3 is 2.39 bits per heavy atom. The maximum absolute atomic E-state index is 14.5. The summed E-state index contributed by atoms with van der Waals surface area (Å²) in [6, 6.07) is 2.83. The zero-order chi connectivity index (χ0) is 26.5. The quantitative estimate of drug-likeness (QED) is 0.356. The Bertz CT molecular complexity index is 1290. The summed E-state index contributed by atoms with van der Waals surface area (Å²) in [5.41, 5.74) is -1.66. The number of hydrogen-bond donors (Lipinski definition) is 2. The van der Waals surface area contributed by atoms with Crippen LogP contribution in [-0.4, -0.2) is 64.9 Å². The first-order chi connectivity index (χ1) is 16.9. The molecule has 2 heterocycles. The topological polar surface area (TPSA) is 101 Å². The average Bonchev–Trinajstić information content (AvgIpc) is 3.38. The fraction of sp³-hybridized carbons (Fsp3) is 0.417. The predicted octanol–water partition coefficient (Wildman–Crippen LogP) is 2.48. The number of fused-ring (bicyclic) bond motifs is 1. The van der Waals surface area contributed by atoms with Crippen molar-refractivity contribution in [3.63, 3.8) is 0 Å². The largest absolute Gasteiger partial charge is 0.347 e. The van der Waals surface area contributed by atoms with Crippen molar-refractivity contribution < 1.29 is 36.7 Å². The van der Waals surface area contributed by atoms with Gasteiger partial charge in [0, 0.05) is 44.5 Å². The third-order valence-electron chi connectivity index (χ3n) is 6.67. The van der Waals surface area contributed by atoms with Crippen molar-refractivity contribution in [2.24, 2.45) is 0 Å². The summed E-state index contributed by atoms with van der Waals surface area (Å²) in [5.74, 6) is -6.21. The van der Waals surface area contributed by atoms with Gasteiger partial charge in [0.15, 0.2) is 23.3 Å². The van der Waals surface area contributed by atoms with Crippen LogP contribution < -0.4 is 10.6 Å². The minimum atomic E-state index is -2.32. The van der Waals surface area contributed by atoms with Crippen LogP contribution in [0.25, 0.3) is 0 Å². The Morgan fingerprint density at radius 1 is 1.11 bits per heavy atom. The molecular formula is C24H24F4N4O4. The molecule has 0 spiro atoms. The number of ketones is 1. The molecule has 1 aliphatic carbocycles. The highest BCUT2D eigenvalue weighted by atomic mass is 19.2. The first-order valence-corrected chi connectivity index (χ1v) is 11.2. The lowest BCUT2D eigenvalue weighted by Gasteiger charge is -2.47. The molecule has 1 saturated carbocycles. The molecule has 36 heavy (non-hydrogen) atoms. The van der Waals surface area contributed by atoms with E-state index in [0.29, 0.717) is 25.1 Å². The van der Waals surface area contributed by atoms with Gasteiger partial charge in [-0.2, -0.15) is 0 Å². The first kappa shape index (κ1) is 25.4. The number of aromatic nitrogens is 1. The molecule has 1 fully saturated rings. The molecule has 8 nitrogen and oxygen atoms in total. The molecule has 1 aromatic heterocycles. The van der Waals surface area contributed by atoms with Crippen LogP contribution >= 0.6 is 0 Å². The second kappa shape index (κ2) is 9.07. The molecule has 2 aromatic rings. The standard InChI is InChI=1S/C24H24F4N4O4/c1-11-17(19(33)22(35)30-24(23(36)31(2)3)10-15(27)20(24)28)16-5-4-8-32(16)18(11)21(34)29-12-6-7-13(25)14(26)9-12/h6-7,9,15,20H,4-5,8,10H2,1-3H3,(H,29,34)(H,30,35). The number of carbonyl (C=O) groups excluding carboxylic acids is 4. The van der Waals surface area contributed by atoms with Crippen LogP contribution in [0.3, 0.4) is 0 Å². The third-order valence-corrected chi connectivity index (χ3v) is 6.67. The van der Waals surface area contributed by atoms with Crippen LogP contribution in [0.1, 0.15) is 44.9 Å². The van der Waals surface area contributed by atoms with Crippen molar-refractivity contribution in [3.8, 4) is 0 Å². The van der Waals surface area contributed by atoms with Crippen LogP contribution in [0.2, 0.25) is 0 Å². The van der Waals surface area contributed by atoms with Gasteiger partial charge < -0.3 is 20.1 Å². The number of carbonyl (C=O) groups is 4. The van der Waals surface area contributed by atoms with E-state index in [9.17, 15) is 36.7 Å². The van der Waals surface area contributed by atoms with Crippen molar-refractivity contribution in [3.05, 3.63) is 52.3 Å². The minimum absolute atomic E-state index is 0.0126. The number of anilines is 1. The Morgan fingerprint density at radius 2 is 1.81 bits per heavy atom. The van der Waals surface area contributed by atoms with Gasteiger partial charge in [-0.1, -0.05) is 0 Å². The van der Waals surface area contributed by atoms with Crippen LogP contribution in [0.15, 0.2) is 18.2 Å². The van der Waals surface area contributed by atoms with Crippen LogP contribution in [0, 0.1) is 18.6 Å². The number of amides is 3. The van der Waals surface area contributed by atoms with E-state index in [2.05, 4.69) is 10.6 Å². The van der Waals surface area contributed by atoms with Gasteiger partial charge in [0.2, 0.25) is 0 Å². The zero-order valence-corrected chi connectivity index (χ0v) is 19.8. The molecule has 2 N–H and O–H groups in total. The van der Waals surface area contributed by atoms with E-state index >= 15 is 0 Å². The molecule has 12 heteroatoms. The lowest BCUT2D eigenvalue weighted by molar-refractivity contribution is -0.155. The van der Waals surface area contributed by atoms with Crippen molar-refractivity contribution in [1.29, 1.82) is 0 Å². The van der Waals surface area contributed by atoms with Crippen LogP contribution in [0.4, 0.5) is 23.2 Å². The Labute approximate surface area is 203 Å². The summed E-state index contributed by atoms with van der Waals surface area (Å²) in [6.45, 7) is 1.82. The Kier molecular flexibility index (Phi) is 6.40. The Balaban J connectivity index is 1.64. The molecule has 3 amide bonds.